The van der Waals surface area contributed by atoms with Crippen molar-refractivity contribution in [3.05, 3.63) is 29.3 Å². The Labute approximate surface area is 156 Å². The number of benzene rings is 1. The van der Waals surface area contributed by atoms with E-state index in [4.69, 9.17) is 4.74 Å². The molecule has 0 amide bonds. The zero-order valence-corrected chi connectivity index (χ0v) is 16.7. The van der Waals surface area contributed by atoms with Gasteiger partial charge in [0, 0.05) is 32.2 Å². The van der Waals surface area contributed by atoms with Gasteiger partial charge in [-0.25, -0.2) is 13.1 Å². The fourth-order valence-electron chi connectivity index (χ4n) is 2.32. The van der Waals surface area contributed by atoms with E-state index in [0.717, 1.165) is 17.9 Å². The molecule has 8 heteroatoms. The Balaban J connectivity index is 1.81. The Bertz CT molecular complexity index is 715. The molecule has 1 fully saturated rings. The molecule has 0 aromatic heterocycles. The normalized spacial score (nSPS) is 15.0. The van der Waals surface area contributed by atoms with Gasteiger partial charge < -0.3 is 15.4 Å². The number of nitrogens with zero attached hydrogens (tertiary/aromatic N) is 1. The van der Waals surface area contributed by atoms with Crippen LogP contribution < -0.4 is 20.1 Å². The Morgan fingerprint density at radius 2 is 2.04 bits per heavy atom. The molecule has 146 valence electrons. The van der Waals surface area contributed by atoms with Gasteiger partial charge in [0.25, 0.3) is 0 Å². The molecule has 0 unspecified atom stereocenters. The third-order valence-corrected chi connectivity index (χ3v) is 5.59. The number of sulfonamides is 1. The zero-order valence-electron chi connectivity index (χ0n) is 15.8. The first-order valence-corrected chi connectivity index (χ1v) is 10.7. The molecule has 26 heavy (non-hydrogen) atoms. The van der Waals surface area contributed by atoms with Gasteiger partial charge in [-0.2, -0.15) is 0 Å². The zero-order chi connectivity index (χ0) is 19.0. The summed E-state index contributed by atoms with van der Waals surface area (Å²) in [6, 6.07) is 6.19. The molecule has 0 aliphatic heterocycles. The van der Waals surface area contributed by atoms with Crippen LogP contribution in [0.5, 0.6) is 5.75 Å². The van der Waals surface area contributed by atoms with Crippen molar-refractivity contribution in [3.8, 4) is 5.75 Å². The lowest BCUT2D eigenvalue weighted by Crippen LogP contribution is -2.41. The molecule has 1 saturated carbocycles. The average molecular weight is 383 g/mol. The highest BCUT2D eigenvalue weighted by Gasteiger charge is 2.22. The van der Waals surface area contributed by atoms with E-state index in [1.165, 1.54) is 18.4 Å². The molecule has 3 N–H and O–H groups in total. The number of ether oxygens (including phenoxy) is 1. The second kappa shape index (κ2) is 9.78. The van der Waals surface area contributed by atoms with Gasteiger partial charge in [0.05, 0.1) is 12.4 Å². The third kappa shape index (κ3) is 7.21. The van der Waals surface area contributed by atoms with Gasteiger partial charge in [-0.3, -0.25) is 4.99 Å². The first-order valence-electron chi connectivity index (χ1n) is 9.07. The van der Waals surface area contributed by atoms with Gasteiger partial charge in [-0.05, 0) is 44.2 Å². The maximum atomic E-state index is 11.4. The van der Waals surface area contributed by atoms with E-state index in [2.05, 4.69) is 45.5 Å². The minimum atomic E-state index is -3.16. The Morgan fingerprint density at radius 3 is 2.69 bits per heavy atom. The molecule has 2 rings (SSSR count). The topological polar surface area (TPSA) is 91.8 Å². The van der Waals surface area contributed by atoms with E-state index in [9.17, 15) is 8.42 Å². The van der Waals surface area contributed by atoms with E-state index in [1.807, 2.05) is 0 Å². The first kappa shape index (κ1) is 20.5. The van der Waals surface area contributed by atoms with Crippen molar-refractivity contribution in [2.45, 2.75) is 33.2 Å². The Kier molecular flexibility index (Phi) is 7.71. The Morgan fingerprint density at radius 1 is 1.27 bits per heavy atom. The van der Waals surface area contributed by atoms with E-state index < -0.39 is 10.0 Å². The second-order valence-corrected chi connectivity index (χ2v) is 8.61. The smallest absolute Gasteiger partial charge is 0.211 e. The van der Waals surface area contributed by atoms with Crippen molar-refractivity contribution in [2.75, 3.05) is 32.5 Å². The number of rotatable bonds is 10. The summed E-state index contributed by atoms with van der Waals surface area (Å²) in [4.78, 5) is 4.17. The van der Waals surface area contributed by atoms with Crippen molar-refractivity contribution in [3.63, 3.8) is 0 Å². The molecule has 1 aromatic rings. The molecule has 0 saturated heterocycles. The molecule has 0 atom stereocenters. The van der Waals surface area contributed by atoms with Crippen molar-refractivity contribution in [2.24, 2.45) is 10.9 Å². The van der Waals surface area contributed by atoms with Crippen LogP contribution in [0, 0.1) is 12.8 Å². The van der Waals surface area contributed by atoms with Crippen molar-refractivity contribution in [1.82, 2.24) is 15.4 Å². The molecule has 0 spiro atoms. The Hall–Kier alpha value is -1.80. The summed E-state index contributed by atoms with van der Waals surface area (Å²) in [6.07, 6.45) is 2.52. The van der Waals surface area contributed by atoms with Crippen LogP contribution in [-0.2, 0) is 16.6 Å². The van der Waals surface area contributed by atoms with E-state index in [-0.39, 0.29) is 5.75 Å². The predicted octanol–water partition coefficient (Wildman–Crippen LogP) is 1.39. The maximum Gasteiger partial charge on any atom is 0.211 e. The molecule has 1 aliphatic carbocycles. The van der Waals surface area contributed by atoms with Crippen LogP contribution in [0.25, 0.3) is 0 Å². The van der Waals surface area contributed by atoms with Gasteiger partial charge >= 0.3 is 0 Å². The van der Waals surface area contributed by atoms with Crippen LogP contribution >= 0.6 is 0 Å². The average Bonchev–Trinajstić information content (AvgIpc) is 3.45. The standard InChI is InChI=1S/C18H30N4O3S/c1-4-26(23,24)22-10-9-20-18(19-3)21-12-16-8-5-14(2)11-17(16)25-13-15-6-7-15/h5,8,11,15,22H,4,6-7,9-10,12-13H2,1-3H3,(H2,19,20,21). The molecule has 0 bridgehead atoms. The molecule has 1 aromatic carbocycles. The summed E-state index contributed by atoms with van der Waals surface area (Å²) in [5.74, 6) is 2.32. The lowest BCUT2D eigenvalue weighted by atomic mass is 10.1. The van der Waals surface area contributed by atoms with Crippen LogP contribution in [-0.4, -0.2) is 46.9 Å². The van der Waals surface area contributed by atoms with Gasteiger partial charge in [-0.1, -0.05) is 12.1 Å². The van der Waals surface area contributed by atoms with E-state index >= 15 is 0 Å². The van der Waals surface area contributed by atoms with Crippen LogP contribution in [0.3, 0.4) is 0 Å². The van der Waals surface area contributed by atoms with Crippen molar-refractivity contribution < 1.29 is 13.2 Å². The van der Waals surface area contributed by atoms with Crippen LogP contribution in [0.4, 0.5) is 0 Å². The van der Waals surface area contributed by atoms with Crippen LogP contribution in [0.15, 0.2) is 23.2 Å². The SMILES string of the molecule is CCS(=O)(=O)NCCNC(=NC)NCc1ccc(C)cc1OCC1CC1. The van der Waals surface area contributed by atoms with Crippen molar-refractivity contribution >= 4 is 16.0 Å². The quantitative estimate of drug-likeness (QED) is 0.323. The van der Waals surface area contributed by atoms with Gasteiger partial charge in [-0.15, -0.1) is 0 Å². The summed E-state index contributed by atoms with van der Waals surface area (Å²) < 4.78 is 31.3. The maximum absolute atomic E-state index is 11.4. The third-order valence-electron chi connectivity index (χ3n) is 4.18. The van der Waals surface area contributed by atoms with Gasteiger partial charge in [0.1, 0.15) is 5.75 Å². The van der Waals surface area contributed by atoms with Crippen LogP contribution in [0.2, 0.25) is 0 Å². The second-order valence-electron chi connectivity index (χ2n) is 6.52. The van der Waals surface area contributed by atoms with E-state index in [0.29, 0.717) is 31.5 Å². The molecular formula is C18H30N4O3S. The summed E-state index contributed by atoms with van der Waals surface area (Å²) >= 11 is 0. The van der Waals surface area contributed by atoms with E-state index in [1.54, 1.807) is 14.0 Å². The van der Waals surface area contributed by atoms with Gasteiger partial charge in [0.2, 0.25) is 10.0 Å². The fourth-order valence-corrected chi connectivity index (χ4v) is 2.94. The number of guanidine groups is 1. The molecule has 1 aliphatic rings. The number of hydrogen-bond donors (Lipinski definition) is 3. The molecule has 7 nitrogen and oxygen atoms in total. The highest BCUT2D eigenvalue weighted by molar-refractivity contribution is 7.89. The fraction of sp³-hybridized carbons (Fsp3) is 0.611. The minimum absolute atomic E-state index is 0.0804. The van der Waals surface area contributed by atoms with Crippen LogP contribution in [0.1, 0.15) is 30.9 Å². The number of nitrogens with one attached hydrogen (secondary N) is 3. The summed E-state index contributed by atoms with van der Waals surface area (Å²) in [5, 5.41) is 6.34. The largest absolute Gasteiger partial charge is 0.493 e. The first-order chi connectivity index (χ1) is 12.4. The predicted molar refractivity (Wildman–Crippen MR) is 105 cm³/mol. The monoisotopic (exact) mass is 382 g/mol. The summed E-state index contributed by atoms with van der Waals surface area (Å²) in [5.41, 5.74) is 2.25. The molecular weight excluding hydrogens is 352 g/mol. The number of aryl methyl sites for hydroxylation is 1. The highest BCUT2D eigenvalue weighted by Crippen LogP contribution is 2.30. The lowest BCUT2D eigenvalue weighted by Gasteiger charge is -2.15. The minimum Gasteiger partial charge on any atom is -0.493 e. The molecule has 0 heterocycles. The number of aliphatic imine (C=N–C) groups is 1. The number of hydrogen-bond acceptors (Lipinski definition) is 4. The lowest BCUT2D eigenvalue weighted by molar-refractivity contribution is 0.296. The highest BCUT2D eigenvalue weighted by atomic mass is 32.2. The van der Waals surface area contributed by atoms with Gasteiger partial charge in [0.15, 0.2) is 5.96 Å². The summed E-state index contributed by atoms with van der Waals surface area (Å²) in [6.45, 7) is 5.80. The van der Waals surface area contributed by atoms with Crippen molar-refractivity contribution in [1.29, 1.82) is 0 Å². The molecule has 0 radical (unpaired) electrons. The summed E-state index contributed by atoms with van der Waals surface area (Å²) in [7, 11) is -1.48.